The molecule has 4 heteroatoms. The van der Waals surface area contributed by atoms with Gasteiger partial charge in [0.1, 0.15) is 0 Å². The first-order chi connectivity index (χ1) is 9.25. The van der Waals surface area contributed by atoms with Crippen molar-refractivity contribution in [1.29, 1.82) is 0 Å². The minimum atomic E-state index is 0.0661. The van der Waals surface area contributed by atoms with Crippen molar-refractivity contribution in [3.8, 4) is 0 Å². The molecule has 106 valence electrons. The van der Waals surface area contributed by atoms with Crippen molar-refractivity contribution in [3.05, 3.63) is 0 Å². The number of amides is 2. The Kier molecular flexibility index (Phi) is 3.76. The predicted octanol–water partition coefficient (Wildman–Crippen LogP) is 1.79. The second-order valence-corrected chi connectivity index (χ2v) is 6.25. The molecule has 2 heterocycles. The molecule has 0 spiro atoms. The van der Waals surface area contributed by atoms with E-state index in [4.69, 9.17) is 0 Å². The van der Waals surface area contributed by atoms with Crippen LogP contribution in [0, 0.1) is 5.92 Å². The molecular formula is C15H24N2O2. The van der Waals surface area contributed by atoms with Gasteiger partial charge in [-0.25, -0.2) is 0 Å². The summed E-state index contributed by atoms with van der Waals surface area (Å²) in [7, 11) is 0. The van der Waals surface area contributed by atoms with Gasteiger partial charge in [0.2, 0.25) is 11.8 Å². The Balaban J connectivity index is 1.63. The van der Waals surface area contributed by atoms with E-state index >= 15 is 0 Å². The van der Waals surface area contributed by atoms with E-state index in [1.165, 1.54) is 12.8 Å². The Labute approximate surface area is 115 Å². The molecule has 0 N–H and O–H groups in total. The van der Waals surface area contributed by atoms with Crippen molar-refractivity contribution >= 4 is 11.8 Å². The van der Waals surface area contributed by atoms with Gasteiger partial charge in [0.05, 0.1) is 5.92 Å². The second kappa shape index (κ2) is 5.51. The van der Waals surface area contributed by atoms with Gasteiger partial charge in [0.15, 0.2) is 0 Å². The molecule has 1 saturated carbocycles. The minimum Gasteiger partial charge on any atom is -0.342 e. The van der Waals surface area contributed by atoms with Crippen LogP contribution in [0.25, 0.3) is 0 Å². The molecule has 3 aliphatic rings. The molecule has 19 heavy (non-hydrogen) atoms. The molecule has 2 amide bonds. The van der Waals surface area contributed by atoms with Gasteiger partial charge < -0.3 is 9.80 Å². The van der Waals surface area contributed by atoms with Crippen LogP contribution in [0.4, 0.5) is 0 Å². The highest BCUT2D eigenvalue weighted by Gasteiger charge is 2.36. The molecule has 0 unspecified atom stereocenters. The van der Waals surface area contributed by atoms with Crippen LogP contribution < -0.4 is 0 Å². The number of carbonyl (C=O) groups excluding carboxylic acids is 2. The van der Waals surface area contributed by atoms with Gasteiger partial charge in [-0.2, -0.15) is 0 Å². The van der Waals surface area contributed by atoms with Crippen LogP contribution in [0.1, 0.15) is 51.4 Å². The first-order valence-corrected chi connectivity index (χ1v) is 7.84. The highest BCUT2D eigenvalue weighted by molar-refractivity contribution is 5.84. The van der Waals surface area contributed by atoms with Gasteiger partial charge in [-0.15, -0.1) is 0 Å². The van der Waals surface area contributed by atoms with Crippen molar-refractivity contribution in [2.24, 2.45) is 5.92 Å². The van der Waals surface area contributed by atoms with Gasteiger partial charge in [0, 0.05) is 32.1 Å². The Bertz CT molecular complexity index is 357. The Morgan fingerprint density at radius 1 is 1.00 bits per heavy atom. The summed E-state index contributed by atoms with van der Waals surface area (Å²) in [5.74, 6) is 0.641. The van der Waals surface area contributed by atoms with Gasteiger partial charge in [-0.05, 0) is 32.1 Å². The van der Waals surface area contributed by atoms with Crippen LogP contribution in [0.2, 0.25) is 0 Å². The third kappa shape index (κ3) is 2.63. The maximum atomic E-state index is 12.5. The number of piperidine rings is 1. The highest BCUT2D eigenvalue weighted by atomic mass is 16.2. The quantitative estimate of drug-likeness (QED) is 0.763. The number of hydrogen-bond donors (Lipinski definition) is 0. The number of likely N-dealkylation sites (tertiary alicyclic amines) is 2. The fourth-order valence-corrected chi connectivity index (χ4v) is 3.84. The third-order valence-corrected chi connectivity index (χ3v) is 4.98. The van der Waals surface area contributed by atoms with Gasteiger partial charge in [-0.1, -0.05) is 12.8 Å². The summed E-state index contributed by atoms with van der Waals surface area (Å²) >= 11 is 0. The molecule has 1 atom stereocenters. The van der Waals surface area contributed by atoms with Crippen LogP contribution in [-0.2, 0) is 9.59 Å². The van der Waals surface area contributed by atoms with E-state index in [0.717, 1.165) is 45.2 Å². The topological polar surface area (TPSA) is 40.6 Å². The largest absolute Gasteiger partial charge is 0.342 e. The van der Waals surface area contributed by atoms with E-state index in [9.17, 15) is 9.59 Å². The first-order valence-electron chi connectivity index (χ1n) is 7.84. The van der Waals surface area contributed by atoms with E-state index in [1.807, 2.05) is 9.80 Å². The number of carbonyl (C=O) groups is 2. The molecule has 0 bridgehead atoms. The first kappa shape index (κ1) is 12.9. The molecule has 2 saturated heterocycles. The fourth-order valence-electron chi connectivity index (χ4n) is 3.84. The summed E-state index contributed by atoms with van der Waals surface area (Å²) < 4.78 is 0. The maximum absolute atomic E-state index is 12.5. The Morgan fingerprint density at radius 3 is 2.37 bits per heavy atom. The number of hydrogen-bond acceptors (Lipinski definition) is 2. The van der Waals surface area contributed by atoms with E-state index in [2.05, 4.69) is 0 Å². The molecule has 1 aliphatic carbocycles. The molecule has 0 aromatic heterocycles. The molecular weight excluding hydrogens is 240 g/mol. The molecule has 3 fully saturated rings. The molecule has 0 radical (unpaired) electrons. The van der Waals surface area contributed by atoms with Crippen LogP contribution in [0.15, 0.2) is 0 Å². The van der Waals surface area contributed by atoms with Crippen molar-refractivity contribution in [2.45, 2.75) is 57.4 Å². The number of nitrogens with zero attached hydrogens (tertiary/aromatic N) is 2. The SMILES string of the molecule is O=C([C@@H]1CCC(=O)N(C2CCCC2)C1)N1CCCC1. The average Bonchev–Trinajstić information content (AvgIpc) is 3.12. The molecule has 4 nitrogen and oxygen atoms in total. The molecule has 0 aromatic carbocycles. The van der Waals surface area contributed by atoms with Crippen LogP contribution in [-0.4, -0.2) is 47.3 Å². The lowest BCUT2D eigenvalue weighted by Crippen LogP contribution is -2.49. The Hall–Kier alpha value is -1.06. The summed E-state index contributed by atoms with van der Waals surface area (Å²) in [5.41, 5.74) is 0. The van der Waals surface area contributed by atoms with Crippen molar-refractivity contribution in [3.63, 3.8) is 0 Å². The normalized spacial score (nSPS) is 29.3. The zero-order chi connectivity index (χ0) is 13.2. The summed E-state index contributed by atoms with van der Waals surface area (Å²) in [6, 6.07) is 0.418. The van der Waals surface area contributed by atoms with Gasteiger partial charge in [-0.3, -0.25) is 9.59 Å². The standard InChI is InChI=1S/C15H24N2O2/c18-14-8-7-12(15(19)16-9-3-4-10-16)11-17(14)13-5-1-2-6-13/h12-13H,1-11H2/t12-/m1/s1. The van der Waals surface area contributed by atoms with Gasteiger partial charge >= 0.3 is 0 Å². The van der Waals surface area contributed by atoms with Crippen LogP contribution in [0.3, 0.4) is 0 Å². The van der Waals surface area contributed by atoms with E-state index in [1.54, 1.807) is 0 Å². The lowest BCUT2D eigenvalue weighted by atomic mass is 9.94. The maximum Gasteiger partial charge on any atom is 0.227 e. The minimum absolute atomic E-state index is 0.0661. The fraction of sp³-hybridized carbons (Fsp3) is 0.867. The summed E-state index contributed by atoms with van der Waals surface area (Å²) in [6.45, 7) is 2.53. The zero-order valence-electron chi connectivity index (χ0n) is 11.6. The van der Waals surface area contributed by atoms with Crippen molar-refractivity contribution < 1.29 is 9.59 Å². The van der Waals surface area contributed by atoms with E-state index in [0.29, 0.717) is 24.9 Å². The lowest BCUT2D eigenvalue weighted by Gasteiger charge is -2.37. The van der Waals surface area contributed by atoms with E-state index < -0.39 is 0 Å². The average molecular weight is 264 g/mol. The highest BCUT2D eigenvalue weighted by Crippen LogP contribution is 2.29. The third-order valence-electron chi connectivity index (χ3n) is 4.98. The summed E-state index contributed by atoms with van der Waals surface area (Å²) in [6.07, 6.45) is 8.36. The van der Waals surface area contributed by atoms with Crippen LogP contribution in [0.5, 0.6) is 0 Å². The summed E-state index contributed by atoms with van der Waals surface area (Å²) in [5, 5.41) is 0. The van der Waals surface area contributed by atoms with Crippen molar-refractivity contribution in [2.75, 3.05) is 19.6 Å². The van der Waals surface area contributed by atoms with Crippen molar-refractivity contribution in [1.82, 2.24) is 9.80 Å². The molecule has 3 rings (SSSR count). The smallest absolute Gasteiger partial charge is 0.227 e. The lowest BCUT2D eigenvalue weighted by molar-refractivity contribution is -0.144. The predicted molar refractivity (Wildman–Crippen MR) is 72.5 cm³/mol. The second-order valence-electron chi connectivity index (χ2n) is 6.25. The summed E-state index contributed by atoms with van der Waals surface area (Å²) in [4.78, 5) is 28.6. The molecule has 2 aliphatic heterocycles. The van der Waals surface area contributed by atoms with E-state index in [-0.39, 0.29) is 11.8 Å². The molecule has 0 aromatic rings. The van der Waals surface area contributed by atoms with Gasteiger partial charge in [0.25, 0.3) is 0 Å². The zero-order valence-corrected chi connectivity index (χ0v) is 11.6. The monoisotopic (exact) mass is 264 g/mol. The van der Waals surface area contributed by atoms with Crippen LogP contribution >= 0.6 is 0 Å². The number of rotatable bonds is 2. The Morgan fingerprint density at radius 2 is 1.68 bits per heavy atom.